The fourth-order valence-electron chi connectivity index (χ4n) is 2.91. The van der Waals surface area contributed by atoms with Gasteiger partial charge in [0, 0.05) is 25.6 Å². The van der Waals surface area contributed by atoms with Gasteiger partial charge < -0.3 is 15.3 Å². The third kappa shape index (κ3) is 4.57. The molecule has 0 aliphatic carbocycles. The van der Waals surface area contributed by atoms with Crippen LogP contribution in [0.15, 0.2) is 24.3 Å². The van der Waals surface area contributed by atoms with Gasteiger partial charge in [0.2, 0.25) is 5.91 Å². The highest BCUT2D eigenvalue weighted by molar-refractivity contribution is 6.04. The maximum Gasteiger partial charge on any atom is 0.336 e. The molecule has 0 bridgehead atoms. The molecule has 2 N–H and O–H groups in total. The van der Waals surface area contributed by atoms with E-state index in [9.17, 15) is 19.5 Å². The molecule has 1 fully saturated rings. The molecule has 0 aromatic heterocycles. The van der Waals surface area contributed by atoms with Crippen LogP contribution in [0.2, 0.25) is 0 Å². The van der Waals surface area contributed by atoms with E-state index < -0.39 is 5.97 Å². The van der Waals surface area contributed by atoms with E-state index in [1.54, 1.807) is 23.1 Å². The van der Waals surface area contributed by atoms with E-state index in [0.717, 1.165) is 0 Å². The minimum atomic E-state index is -1.10. The molecule has 2 rings (SSSR count). The minimum absolute atomic E-state index is 0.0230. The molecule has 2 amide bonds. The summed E-state index contributed by atoms with van der Waals surface area (Å²) in [7, 11) is 0. The lowest BCUT2D eigenvalue weighted by molar-refractivity contribution is -0.122. The Kier molecular flexibility index (Phi) is 5.95. The summed E-state index contributed by atoms with van der Waals surface area (Å²) in [6.45, 7) is 5.03. The van der Waals surface area contributed by atoms with Gasteiger partial charge in [-0.3, -0.25) is 9.59 Å². The van der Waals surface area contributed by atoms with E-state index in [-0.39, 0.29) is 29.0 Å². The number of carboxylic acids is 1. The maximum absolute atomic E-state index is 12.6. The van der Waals surface area contributed by atoms with Crippen molar-refractivity contribution >= 4 is 17.8 Å². The zero-order valence-corrected chi connectivity index (χ0v) is 14.1. The number of likely N-dealkylation sites (tertiary alicyclic amines) is 1. The number of rotatable bonds is 5. The van der Waals surface area contributed by atoms with Gasteiger partial charge >= 0.3 is 5.97 Å². The van der Waals surface area contributed by atoms with Gasteiger partial charge in [0.25, 0.3) is 5.91 Å². The molecule has 6 nitrogen and oxygen atoms in total. The first-order chi connectivity index (χ1) is 11.4. The number of nitrogens with one attached hydrogen (secondary N) is 1. The average Bonchev–Trinajstić information content (AvgIpc) is 2.54. The van der Waals surface area contributed by atoms with Gasteiger partial charge in [-0.2, -0.15) is 0 Å². The molecule has 130 valence electrons. The Morgan fingerprint density at radius 3 is 2.29 bits per heavy atom. The summed E-state index contributed by atoms with van der Waals surface area (Å²) in [6.07, 6.45) is 1.88. The fourth-order valence-corrected chi connectivity index (χ4v) is 2.91. The van der Waals surface area contributed by atoms with Crippen LogP contribution in [-0.2, 0) is 4.79 Å². The van der Waals surface area contributed by atoms with Crippen molar-refractivity contribution in [2.45, 2.75) is 39.2 Å². The van der Waals surface area contributed by atoms with E-state index >= 15 is 0 Å². The van der Waals surface area contributed by atoms with E-state index in [0.29, 0.717) is 38.3 Å². The van der Waals surface area contributed by atoms with Crippen LogP contribution >= 0.6 is 0 Å². The summed E-state index contributed by atoms with van der Waals surface area (Å²) in [5.74, 6) is -1.00. The third-order valence-electron chi connectivity index (χ3n) is 4.13. The molecular weight excluding hydrogens is 308 g/mol. The number of piperidine rings is 1. The van der Waals surface area contributed by atoms with Crippen molar-refractivity contribution in [1.82, 2.24) is 10.2 Å². The molecule has 0 spiro atoms. The number of carbonyl (C=O) groups excluding carboxylic acids is 2. The molecule has 6 heteroatoms. The fraction of sp³-hybridized carbons (Fsp3) is 0.500. The second-order valence-corrected chi connectivity index (χ2v) is 6.58. The van der Waals surface area contributed by atoms with Crippen molar-refractivity contribution in [3.05, 3.63) is 35.4 Å². The van der Waals surface area contributed by atoms with Gasteiger partial charge in [-0.05, 0) is 30.9 Å². The second kappa shape index (κ2) is 7.95. The summed E-state index contributed by atoms with van der Waals surface area (Å²) in [5.41, 5.74) is 0.238. The summed E-state index contributed by atoms with van der Waals surface area (Å²) in [4.78, 5) is 37.3. The Balaban J connectivity index is 1.94. The lowest BCUT2D eigenvalue weighted by Gasteiger charge is -2.32. The molecular formula is C18H24N2O4. The van der Waals surface area contributed by atoms with E-state index in [4.69, 9.17) is 0 Å². The predicted molar refractivity (Wildman–Crippen MR) is 89.9 cm³/mol. The van der Waals surface area contributed by atoms with Crippen LogP contribution in [0, 0.1) is 5.92 Å². The number of benzene rings is 1. The second-order valence-electron chi connectivity index (χ2n) is 6.58. The summed E-state index contributed by atoms with van der Waals surface area (Å²) in [6, 6.07) is 6.33. The Bertz CT molecular complexity index is 619. The quantitative estimate of drug-likeness (QED) is 0.865. The molecule has 1 heterocycles. The number of hydrogen-bond donors (Lipinski definition) is 2. The normalized spacial score (nSPS) is 15.4. The highest BCUT2D eigenvalue weighted by Crippen LogP contribution is 2.17. The molecule has 1 aliphatic rings. The zero-order chi connectivity index (χ0) is 17.7. The van der Waals surface area contributed by atoms with E-state index in [2.05, 4.69) is 5.32 Å². The van der Waals surface area contributed by atoms with Crippen LogP contribution < -0.4 is 5.32 Å². The van der Waals surface area contributed by atoms with Gasteiger partial charge in [-0.15, -0.1) is 0 Å². The largest absolute Gasteiger partial charge is 0.478 e. The zero-order valence-electron chi connectivity index (χ0n) is 14.1. The standard InChI is InChI=1S/C18H24N2O4/c1-12(2)11-16(21)19-13-7-9-20(10-8-13)17(22)14-5-3-4-6-15(14)18(23)24/h3-6,12-13H,7-11H2,1-2H3,(H,19,21)(H,23,24). The average molecular weight is 332 g/mol. The number of amides is 2. The lowest BCUT2D eigenvalue weighted by atomic mass is 10.0. The van der Waals surface area contributed by atoms with E-state index in [1.165, 1.54) is 6.07 Å². The van der Waals surface area contributed by atoms with E-state index in [1.807, 2.05) is 13.8 Å². The first-order valence-corrected chi connectivity index (χ1v) is 8.29. The van der Waals surface area contributed by atoms with Crippen molar-refractivity contribution in [1.29, 1.82) is 0 Å². The number of nitrogens with zero attached hydrogens (tertiary/aromatic N) is 1. The first kappa shape index (κ1) is 18.0. The van der Waals surface area contributed by atoms with Crippen molar-refractivity contribution in [2.75, 3.05) is 13.1 Å². The lowest BCUT2D eigenvalue weighted by Crippen LogP contribution is -2.46. The van der Waals surface area contributed by atoms with Crippen molar-refractivity contribution < 1.29 is 19.5 Å². The maximum atomic E-state index is 12.6. The topological polar surface area (TPSA) is 86.7 Å². The Morgan fingerprint density at radius 1 is 1.17 bits per heavy atom. The Labute approximate surface area is 141 Å². The Morgan fingerprint density at radius 2 is 1.75 bits per heavy atom. The first-order valence-electron chi connectivity index (χ1n) is 8.29. The van der Waals surface area contributed by atoms with Gasteiger partial charge in [-0.1, -0.05) is 26.0 Å². The van der Waals surface area contributed by atoms with Crippen LogP contribution in [0.4, 0.5) is 0 Å². The molecule has 1 aromatic rings. The predicted octanol–water partition coefficient (Wildman–Crippen LogP) is 2.15. The van der Waals surface area contributed by atoms with Crippen LogP contribution in [0.3, 0.4) is 0 Å². The molecule has 1 saturated heterocycles. The monoisotopic (exact) mass is 332 g/mol. The molecule has 1 aromatic carbocycles. The number of aromatic carboxylic acids is 1. The molecule has 1 aliphatic heterocycles. The molecule has 0 atom stereocenters. The number of carbonyl (C=O) groups is 3. The van der Waals surface area contributed by atoms with Crippen LogP contribution in [0.5, 0.6) is 0 Å². The highest BCUT2D eigenvalue weighted by Gasteiger charge is 2.26. The van der Waals surface area contributed by atoms with Crippen LogP contribution in [0.25, 0.3) is 0 Å². The smallest absolute Gasteiger partial charge is 0.336 e. The highest BCUT2D eigenvalue weighted by atomic mass is 16.4. The van der Waals surface area contributed by atoms with Gasteiger partial charge in [0.15, 0.2) is 0 Å². The summed E-state index contributed by atoms with van der Waals surface area (Å²) < 4.78 is 0. The van der Waals surface area contributed by atoms with Crippen molar-refractivity contribution in [2.24, 2.45) is 5.92 Å². The van der Waals surface area contributed by atoms with Gasteiger partial charge in [0.1, 0.15) is 0 Å². The third-order valence-corrected chi connectivity index (χ3v) is 4.13. The van der Waals surface area contributed by atoms with Gasteiger partial charge in [-0.25, -0.2) is 4.79 Å². The van der Waals surface area contributed by atoms with Crippen LogP contribution in [-0.4, -0.2) is 46.9 Å². The number of hydrogen-bond acceptors (Lipinski definition) is 3. The SMILES string of the molecule is CC(C)CC(=O)NC1CCN(C(=O)c2ccccc2C(=O)O)CC1. The van der Waals surface area contributed by atoms with Crippen molar-refractivity contribution in [3.63, 3.8) is 0 Å². The molecule has 0 unspecified atom stereocenters. The summed E-state index contributed by atoms with van der Waals surface area (Å²) >= 11 is 0. The minimum Gasteiger partial charge on any atom is -0.478 e. The number of carboxylic acid groups (broad SMARTS) is 1. The summed E-state index contributed by atoms with van der Waals surface area (Å²) in [5, 5.41) is 12.2. The molecule has 24 heavy (non-hydrogen) atoms. The Hall–Kier alpha value is -2.37. The molecule has 0 radical (unpaired) electrons. The molecule has 0 saturated carbocycles. The van der Waals surface area contributed by atoms with Crippen molar-refractivity contribution in [3.8, 4) is 0 Å². The van der Waals surface area contributed by atoms with Gasteiger partial charge in [0.05, 0.1) is 11.1 Å². The van der Waals surface area contributed by atoms with Crippen LogP contribution in [0.1, 0.15) is 53.8 Å².